The van der Waals surface area contributed by atoms with E-state index in [4.69, 9.17) is 4.74 Å². The number of nitro groups is 1. The van der Waals surface area contributed by atoms with E-state index < -0.39 is 16.5 Å². The third kappa shape index (κ3) is 5.39. The summed E-state index contributed by atoms with van der Waals surface area (Å²) in [6.07, 6.45) is 1.15. The number of carbonyl (C=O) groups excluding carboxylic acids is 1. The predicted octanol–water partition coefficient (Wildman–Crippen LogP) is 4.68. The summed E-state index contributed by atoms with van der Waals surface area (Å²) in [7, 11) is 0. The molecule has 3 N–H and O–H groups in total. The molecule has 10 heteroatoms. The lowest BCUT2D eigenvalue weighted by Crippen LogP contribution is -2.30. The van der Waals surface area contributed by atoms with Crippen molar-refractivity contribution >= 4 is 28.9 Å². The summed E-state index contributed by atoms with van der Waals surface area (Å²) in [5.41, 5.74) is 5.43. The van der Waals surface area contributed by atoms with Gasteiger partial charge >= 0.3 is 5.69 Å². The Balaban J connectivity index is 1.48. The van der Waals surface area contributed by atoms with Gasteiger partial charge in [-0.2, -0.15) is 0 Å². The Morgan fingerprint density at radius 2 is 1.42 bits per heavy atom. The molecule has 4 rings (SSSR count). The van der Waals surface area contributed by atoms with Crippen molar-refractivity contribution in [1.29, 1.82) is 0 Å². The largest absolute Gasteiger partial charge is 0.457 e. The molecule has 0 bridgehead atoms. The highest BCUT2D eigenvalue weighted by Crippen LogP contribution is 2.31. The Hall–Kier alpha value is -4.99. The van der Waals surface area contributed by atoms with E-state index in [9.17, 15) is 14.9 Å². The van der Waals surface area contributed by atoms with Gasteiger partial charge in [0.1, 0.15) is 17.8 Å². The standard InChI is InChI=1S/C23H18N6O4/c30-23(16-7-3-1-4-8-16)28-27-22-20(29(31)32)21(24-15-25-22)26-17-11-13-19(14-12-17)33-18-9-5-2-6-10-18/h1-15H,(H,28,30)(H2,24,25,26,27). The van der Waals surface area contributed by atoms with Gasteiger partial charge in [0, 0.05) is 11.3 Å². The van der Waals surface area contributed by atoms with Gasteiger partial charge in [0.15, 0.2) is 0 Å². The first-order valence-corrected chi connectivity index (χ1v) is 9.81. The van der Waals surface area contributed by atoms with Crippen molar-refractivity contribution in [3.8, 4) is 11.5 Å². The summed E-state index contributed by atoms with van der Waals surface area (Å²) in [5.74, 6) is 0.633. The lowest BCUT2D eigenvalue weighted by atomic mass is 10.2. The predicted molar refractivity (Wildman–Crippen MR) is 122 cm³/mol. The molecule has 0 aliphatic heterocycles. The Kier molecular flexibility index (Phi) is 6.36. The molecule has 0 spiro atoms. The highest BCUT2D eigenvalue weighted by molar-refractivity contribution is 5.95. The highest BCUT2D eigenvalue weighted by atomic mass is 16.6. The first-order valence-electron chi connectivity index (χ1n) is 9.81. The van der Waals surface area contributed by atoms with Gasteiger partial charge < -0.3 is 10.1 Å². The van der Waals surface area contributed by atoms with Crippen molar-refractivity contribution in [3.63, 3.8) is 0 Å². The molecule has 0 fully saturated rings. The van der Waals surface area contributed by atoms with Crippen LogP contribution in [0.5, 0.6) is 11.5 Å². The molecule has 0 aliphatic rings. The number of hydrogen-bond acceptors (Lipinski definition) is 8. The molecule has 10 nitrogen and oxygen atoms in total. The molecule has 0 unspecified atom stereocenters. The van der Waals surface area contributed by atoms with Crippen molar-refractivity contribution in [3.05, 3.63) is 107 Å². The first kappa shape index (κ1) is 21.2. The lowest BCUT2D eigenvalue weighted by Gasteiger charge is -2.11. The van der Waals surface area contributed by atoms with Gasteiger partial charge in [0.25, 0.3) is 5.91 Å². The maximum Gasteiger partial charge on any atom is 0.355 e. The summed E-state index contributed by atoms with van der Waals surface area (Å²) in [5, 5.41) is 14.6. The molecule has 0 radical (unpaired) electrons. The smallest absolute Gasteiger partial charge is 0.355 e. The SMILES string of the molecule is O=C(NNc1ncnc(Nc2ccc(Oc3ccccc3)cc2)c1[N+](=O)[O-])c1ccccc1. The van der Waals surface area contributed by atoms with E-state index in [-0.39, 0.29) is 11.6 Å². The number of aromatic nitrogens is 2. The minimum atomic E-state index is -0.633. The van der Waals surface area contributed by atoms with Crippen LogP contribution in [0.1, 0.15) is 10.4 Å². The summed E-state index contributed by atoms with van der Waals surface area (Å²) in [6.45, 7) is 0. The molecule has 4 aromatic rings. The third-order valence-corrected chi connectivity index (χ3v) is 4.43. The Bertz CT molecular complexity index is 1250. The topological polar surface area (TPSA) is 131 Å². The van der Waals surface area contributed by atoms with E-state index in [1.807, 2.05) is 30.3 Å². The molecule has 1 aromatic heterocycles. The molecule has 3 aromatic carbocycles. The number of hydrazine groups is 1. The van der Waals surface area contributed by atoms with E-state index >= 15 is 0 Å². The zero-order valence-corrected chi connectivity index (χ0v) is 17.1. The number of nitrogens with zero attached hydrogens (tertiary/aromatic N) is 3. The van der Waals surface area contributed by atoms with Crippen LogP contribution in [0, 0.1) is 10.1 Å². The normalized spacial score (nSPS) is 10.2. The maximum absolute atomic E-state index is 12.2. The Labute approximate surface area is 188 Å². The van der Waals surface area contributed by atoms with Crippen molar-refractivity contribution < 1.29 is 14.5 Å². The average molecular weight is 442 g/mol. The lowest BCUT2D eigenvalue weighted by molar-refractivity contribution is -0.383. The Morgan fingerprint density at radius 1 is 0.818 bits per heavy atom. The van der Waals surface area contributed by atoms with Gasteiger partial charge in [-0.3, -0.25) is 25.8 Å². The van der Waals surface area contributed by atoms with Crippen LogP contribution in [0.25, 0.3) is 0 Å². The fourth-order valence-electron chi connectivity index (χ4n) is 2.88. The van der Waals surface area contributed by atoms with E-state index in [1.54, 1.807) is 54.6 Å². The molecule has 0 aliphatic carbocycles. The molecular formula is C23H18N6O4. The molecule has 1 heterocycles. The minimum Gasteiger partial charge on any atom is -0.457 e. The molecule has 0 saturated heterocycles. The zero-order valence-electron chi connectivity index (χ0n) is 17.1. The molecule has 164 valence electrons. The molecule has 1 amide bonds. The van der Waals surface area contributed by atoms with Crippen molar-refractivity contribution in [2.45, 2.75) is 0 Å². The van der Waals surface area contributed by atoms with E-state index in [1.165, 1.54) is 0 Å². The van der Waals surface area contributed by atoms with Crippen LogP contribution in [0.4, 0.5) is 23.0 Å². The van der Waals surface area contributed by atoms with E-state index in [0.717, 1.165) is 6.33 Å². The molecule has 33 heavy (non-hydrogen) atoms. The quantitative estimate of drug-likeness (QED) is 0.265. The van der Waals surface area contributed by atoms with Gasteiger partial charge in [-0.15, -0.1) is 0 Å². The number of amides is 1. The number of nitrogens with one attached hydrogen (secondary N) is 3. The van der Waals surface area contributed by atoms with Crippen LogP contribution in [0.15, 0.2) is 91.3 Å². The van der Waals surface area contributed by atoms with Crippen LogP contribution < -0.4 is 20.9 Å². The molecule has 0 saturated carbocycles. The zero-order chi connectivity index (χ0) is 23.0. The van der Waals surface area contributed by atoms with Gasteiger partial charge in [-0.05, 0) is 48.5 Å². The fraction of sp³-hybridized carbons (Fsp3) is 0. The first-order chi connectivity index (χ1) is 16.1. The fourth-order valence-corrected chi connectivity index (χ4v) is 2.88. The summed E-state index contributed by atoms with van der Waals surface area (Å²) in [4.78, 5) is 31.2. The summed E-state index contributed by atoms with van der Waals surface area (Å²) < 4.78 is 5.74. The minimum absolute atomic E-state index is 0.0387. The molecular weight excluding hydrogens is 424 g/mol. The van der Waals surface area contributed by atoms with Gasteiger partial charge in [0.2, 0.25) is 11.6 Å². The van der Waals surface area contributed by atoms with Crippen LogP contribution in [0.2, 0.25) is 0 Å². The van der Waals surface area contributed by atoms with Crippen molar-refractivity contribution in [1.82, 2.24) is 15.4 Å². The van der Waals surface area contributed by atoms with Gasteiger partial charge in [-0.25, -0.2) is 9.97 Å². The summed E-state index contributed by atoms with van der Waals surface area (Å²) >= 11 is 0. The van der Waals surface area contributed by atoms with Gasteiger partial charge in [-0.1, -0.05) is 36.4 Å². The number of ether oxygens (including phenoxy) is 1. The summed E-state index contributed by atoms with van der Waals surface area (Å²) in [6, 6.07) is 24.6. The number of rotatable bonds is 8. The molecule has 0 atom stereocenters. The van der Waals surface area contributed by atoms with Gasteiger partial charge in [0.05, 0.1) is 4.92 Å². The van der Waals surface area contributed by atoms with Crippen LogP contribution in [0.3, 0.4) is 0 Å². The second-order valence-corrected chi connectivity index (χ2v) is 6.69. The van der Waals surface area contributed by atoms with E-state index in [0.29, 0.717) is 22.7 Å². The van der Waals surface area contributed by atoms with Crippen molar-refractivity contribution in [2.24, 2.45) is 0 Å². The number of hydrogen-bond donors (Lipinski definition) is 3. The number of para-hydroxylation sites is 1. The number of carbonyl (C=O) groups is 1. The van der Waals surface area contributed by atoms with Crippen LogP contribution >= 0.6 is 0 Å². The average Bonchev–Trinajstić information content (AvgIpc) is 2.85. The van der Waals surface area contributed by atoms with Crippen LogP contribution in [-0.2, 0) is 0 Å². The third-order valence-electron chi connectivity index (χ3n) is 4.43. The highest BCUT2D eigenvalue weighted by Gasteiger charge is 2.23. The van der Waals surface area contributed by atoms with E-state index in [2.05, 4.69) is 26.1 Å². The second-order valence-electron chi connectivity index (χ2n) is 6.69. The van der Waals surface area contributed by atoms with Crippen LogP contribution in [-0.4, -0.2) is 20.8 Å². The second kappa shape index (κ2) is 9.88. The Morgan fingerprint density at radius 3 is 2.09 bits per heavy atom. The number of benzene rings is 3. The monoisotopic (exact) mass is 442 g/mol. The van der Waals surface area contributed by atoms with Crippen molar-refractivity contribution in [2.75, 3.05) is 10.7 Å². The maximum atomic E-state index is 12.2. The number of anilines is 3.